The van der Waals surface area contributed by atoms with Gasteiger partial charge in [0.2, 0.25) is 5.95 Å². The number of hydrogen-bond acceptors (Lipinski definition) is 3. The quantitative estimate of drug-likeness (QED) is 0.192. The minimum absolute atomic E-state index is 0.620. The summed E-state index contributed by atoms with van der Waals surface area (Å²) < 4.78 is 11.2. The fourth-order valence-corrected chi connectivity index (χ4v) is 8.46. The fraction of sp³-hybridized carbons (Fsp3) is 0. The molecule has 0 atom stereocenters. The Morgan fingerprint density at radius 3 is 2.02 bits per heavy atom. The predicted octanol–water partition coefficient (Wildman–Crippen LogP) is 11.4. The minimum Gasteiger partial charge on any atom is -0.452 e. The van der Waals surface area contributed by atoms with Gasteiger partial charge in [-0.3, -0.25) is 4.57 Å². The van der Waals surface area contributed by atoms with Crippen LogP contribution in [0.4, 0.5) is 0 Å². The Kier molecular flexibility index (Phi) is 4.66. The third-order valence-electron chi connectivity index (χ3n) is 10.4. The van der Waals surface area contributed by atoms with Crippen LogP contribution in [0.5, 0.6) is 0 Å². The van der Waals surface area contributed by atoms with Crippen molar-refractivity contribution in [2.45, 2.75) is 0 Å². The minimum atomic E-state index is 0.620. The zero-order chi connectivity index (χ0) is 31.8. The Labute approximate surface area is 278 Å². The highest BCUT2D eigenvalue weighted by molar-refractivity contribution is 6.38. The van der Waals surface area contributed by atoms with Crippen LogP contribution < -0.4 is 0 Å². The van der Waals surface area contributed by atoms with Crippen LogP contribution >= 0.6 is 0 Å². The number of hydrogen-bond donors (Lipinski definition) is 0. The third-order valence-corrected chi connectivity index (χ3v) is 10.4. The standard InChI is InChI=1S/C44H24N4O/c1-2-13-26(14-3-1)40-43-41(30-18-8-11-21-36(30)49-43)46-44(45-40)48-34-23-22-25-12-4-5-15-27(25)37(34)39-35(48)24-31-28-16-6-9-19-32(28)47-33-20-10-7-17-29(33)38(39)42(31)47/h1-24H. The van der Waals surface area contributed by atoms with Gasteiger partial charge in [0.25, 0.3) is 0 Å². The molecule has 0 amide bonds. The van der Waals surface area contributed by atoms with Gasteiger partial charge in [-0.15, -0.1) is 0 Å². The summed E-state index contributed by atoms with van der Waals surface area (Å²) in [4.78, 5) is 10.8. The summed E-state index contributed by atoms with van der Waals surface area (Å²) in [6.45, 7) is 0. The molecule has 0 fully saturated rings. The first-order valence-electron chi connectivity index (χ1n) is 16.6. The van der Waals surface area contributed by atoms with Gasteiger partial charge >= 0.3 is 0 Å². The molecule has 0 aliphatic heterocycles. The normalized spacial score (nSPS) is 12.5. The molecule has 49 heavy (non-hydrogen) atoms. The number of fused-ring (bicyclic) bond motifs is 15. The van der Waals surface area contributed by atoms with Gasteiger partial charge < -0.3 is 8.82 Å². The molecular weight excluding hydrogens is 601 g/mol. The molecule has 5 nitrogen and oxygen atoms in total. The zero-order valence-electron chi connectivity index (χ0n) is 26.1. The second kappa shape index (κ2) is 9.00. The first-order chi connectivity index (χ1) is 24.3. The molecule has 7 aromatic carbocycles. The molecule has 0 saturated heterocycles. The van der Waals surface area contributed by atoms with Gasteiger partial charge in [-0.25, -0.2) is 9.97 Å². The van der Waals surface area contributed by atoms with Crippen LogP contribution in [0.3, 0.4) is 0 Å². The van der Waals surface area contributed by atoms with Gasteiger partial charge in [-0.1, -0.05) is 109 Å². The van der Waals surface area contributed by atoms with Crippen molar-refractivity contribution >= 4 is 92.7 Å². The van der Waals surface area contributed by atoms with Crippen LogP contribution in [-0.4, -0.2) is 18.9 Å². The molecule has 0 unspecified atom stereocenters. The van der Waals surface area contributed by atoms with E-state index in [1.165, 1.54) is 59.6 Å². The molecule has 5 heterocycles. The molecule has 5 heteroatoms. The molecule has 0 aliphatic carbocycles. The first-order valence-corrected chi connectivity index (χ1v) is 16.6. The smallest absolute Gasteiger partial charge is 0.236 e. The second-order valence-corrected chi connectivity index (χ2v) is 12.9. The molecule has 0 bridgehead atoms. The number of benzene rings is 7. The summed E-state index contributed by atoms with van der Waals surface area (Å²) in [5.41, 5.74) is 9.90. The Morgan fingerprint density at radius 1 is 0.469 bits per heavy atom. The SMILES string of the molecule is c1ccc(-c2nc(-n3c4ccc5ccccc5c4c4c5c6ccccc6n6c7ccccc7c(cc43)c56)nc3c2oc2ccccc23)cc1. The number of furan rings is 1. The van der Waals surface area contributed by atoms with Crippen molar-refractivity contribution in [3.63, 3.8) is 0 Å². The monoisotopic (exact) mass is 624 g/mol. The van der Waals surface area contributed by atoms with Crippen molar-refractivity contribution in [3.05, 3.63) is 146 Å². The van der Waals surface area contributed by atoms with Gasteiger partial charge in [-0.05, 0) is 47.2 Å². The van der Waals surface area contributed by atoms with Gasteiger partial charge in [0, 0.05) is 43.3 Å². The summed E-state index contributed by atoms with van der Waals surface area (Å²) in [5.74, 6) is 0.620. The van der Waals surface area contributed by atoms with E-state index in [1.807, 2.05) is 36.4 Å². The van der Waals surface area contributed by atoms with Crippen molar-refractivity contribution < 1.29 is 4.42 Å². The molecule has 12 rings (SSSR count). The Balaban J connectivity index is 1.36. The van der Waals surface area contributed by atoms with Crippen molar-refractivity contribution in [1.29, 1.82) is 0 Å². The lowest BCUT2D eigenvalue weighted by Crippen LogP contribution is -2.03. The summed E-state index contributed by atoms with van der Waals surface area (Å²) in [6.07, 6.45) is 0. The first kappa shape index (κ1) is 25.4. The Bertz CT molecular complexity index is 3330. The molecule has 0 N–H and O–H groups in total. The van der Waals surface area contributed by atoms with E-state index in [0.29, 0.717) is 11.5 Å². The highest BCUT2D eigenvalue weighted by Crippen LogP contribution is 2.48. The average molecular weight is 625 g/mol. The largest absolute Gasteiger partial charge is 0.452 e. The Morgan fingerprint density at radius 2 is 1.16 bits per heavy atom. The van der Waals surface area contributed by atoms with Crippen LogP contribution in [-0.2, 0) is 0 Å². The zero-order valence-corrected chi connectivity index (χ0v) is 26.1. The van der Waals surface area contributed by atoms with E-state index < -0.39 is 0 Å². The maximum atomic E-state index is 6.48. The number of rotatable bonds is 2. The molecular formula is C44H24N4O. The van der Waals surface area contributed by atoms with E-state index in [9.17, 15) is 0 Å². The lowest BCUT2D eigenvalue weighted by atomic mass is 9.99. The van der Waals surface area contributed by atoms with Crippen LogP contribution in [0.2, 0.25) is 0 Å². The molecule has 0 aliphatic rings. The summed E-state index contributed by atoms with van der Waals surface area (Å²) in [7, 11) is 0. The highest BCUT2D eigenvalue weighted by atomic mass is 16.3. The molecule has 0 spiro atoms. The van der Waals surface area contributed by atoms with Crippen LogP contribution in [0.15, 0.2) is 150 Å². The Hall–Kier alpha value is -6.72. The highest BCUT2D eigenvalue weighted by Gasteiger charge is 2.27. The molecule has 0 radical (unpaired) electrons. The van der Waals surface area contributed by atoms with Gasteiger partial charge in [0.05, 0.1) is 27.6 Å². The fourth-order valence-electron chi connectivity index (χ4n) is 8.46. The average Bonchev–Trinajstić information content (AvgIpc) is 3.90. The van der Waals surface area contributed by atoms with Crippen molar-refractivity contribution in [1.82, 2.24) is 18.9 Å². The van der Waals surface area contributed by atoms with E-state index in [-0.39, 0.29) is 0 Å². The molecule has 0 saturated carbocycles. The lowest BCUT2D eigenvalue weighted by Gasteiger charge is -2.10. The second-order valence-electron chi connectivity index (χ2n) is 12.9. The number of aromatic nitrogens is 4. The maximum absolute atomic E-state index is 6.48. The third kappa shape index (κ3) is 3.15. The van der Waals surface area contributed by atoms with Crippen LogP contribution in [0, 0.1) is 0 Å². The summed E-state index contributed by atoms with van der Waals surface area (Å²) in [5, 5.41) is 10.8. The predicted molar refractivity (Wildman–Crippen MR) is 201 cm³/mol. The molecule has 12 aromatic rings. The lowest BCUT2D eigenvalue weighted by molar-refractivity contribution is 0.666. The molecule has 226 valence electrons. The van der Waals surface area contributed by atoms with Crippen molar-refractivity contribution in [2.24, 2.45) is 0 Å². The van der Waals surface area contributed by atoms with E-state index in [2.05, 4.69) is 118 Å². The summed E-state index contributed by atoms with van der Waals surface area (Å²) in [6, 6.07) is 51.6. The van der Waals surface area contributed by atoms with Crippen molar-refractivity contribution in [3.8, 4) is 17.2 Å². The summed E-state index contributed by atoms with van der Waals surface area (Å²) >= 11 is 0. The molecule has 5 aromatic heterocycles. The number of nitrogens with zero attached hydrogens (tertiary/aromatic N) is 4. The van der Waals surface area contributed by atoms with E-state index in [1.54, 1.807) is 0 Å². The van der Waals surface area contributed by atoms with Gasteiger partial charge in [0.15, 0.2) is 5.58 Å². The van der Waals surface area contributed by atoms with Crippen LogP contribution in [0.25, 0.3) is 110 Å². The van der Waals surface area contributed by atoms with E-state index in [0.717, 1.165) is 38.8 Å². The van der Waals surface area contributed by atoms with Gasteiger partial charge in [-0.2, -0.15) is 0 Å². The van der Waals surface area contributed by atoms with Gasteiger partial charge in [0.1, 0.15) is 16.8 Å². The maximum Gasteiger partial charge on any atom is 0.236 e. The van der Waals surface area contributed by atoms with E-state index in [4.69, 9.17) is 14.4 Å². The number of para-hydroxylation sites is 3. The topological polar surface area (TPSA) is 48.3 Å². The van der Waals surface area contributed by atoms with Crippen molar-refractivity contribution in [2.75, 3.05) is 0 Å². The van der Waals surface area contributed by atoms with Crippen LogP contribution in [0.1, 0.15) is 0 Å². The van der Waals surface area contributed by atoms with E-state index >= 15 is 0 Å².